The Balaban J connectivity index is 1.58. The van der Waals surface area contributed by atoms with Gasteiger partial charge >= 0.3 is 0 Å². The molecule has 1 unspecified atom stereocenters. The largest absolute Gasteiger partial charge is 0.352 e. The molecule has 2 aliphatic rings. The third kappa shape index (κ3) is 5.14. The van der Waals surface area contributed by atoms with E-state index in [4.69, 9.17) is 0 Å². The number of hydrogen-bond acceptors (Lipinski definition) is 4. The first-order chi connectivity index (χ1) is 14.9. The summed E-state index contributed by atoms with van der Waals surface area (Å²) in [6, 6.07) is 12.6. The van der Waals surface area contributed by atoms with Gasteiger partial charge in [0, 0.05) is 18.2 Å². The van der Waals surface area contributed by atoms with Gasteiger partial charge in [-0.1, -0.05) is 49.6 Å². The summed E-state index contributed by atoms with van der Waals surface area (Å²) in [4.78, 5) is 24.7. The molecule has 8 heteroatoms. The molecule has 0 aromatic heterocycles. The van der Waals surface area contributed by atoms with Crippen molar-refractivity contribution in [1.82, 2.24) is 10.0 Å². The molecule has 0 spiro atoms. The minimum atomic E-state index is -3.96. The van der Waals surface area contributed by atoms with Crippen LogP contribution in [-0.4, -0.2) is 26.3 Å². The topological polar surface area (TPSA) is 104 Å². The maximum atomic E-state index is 13.2. The number of aryl methyl sites for hydroxylation is 1. The van der Waals surface area contributed by atoms with E-state index in [9.17, 15) is 18.0 Å². The van der Waals surface area contributed by atoms with Gasteiger partial charge in [-0.25, -0.2) is 8.42 Å². The van der Waals surface area contributed by atoms with Crippen LogP contribution in [-0.2, 0) is 26.0 Å². The number of fused-ring (bicyclic) bond motifs is 1. The monoisotopic (exact) mass is 441 g/mol. The number of benzene rings is 2. The standard InChI is InChI=1S/C23H27N3O4S/c27-21-14-11-17-15-19(12-13-20(17)25-21)31(29,30)26-22(16-7-3-1-4-8-16)23(28)24-18-9-5-2-6-10-18/h1,3-4,7-8,12-13,15,18,22,26H,2,5-6,9-11,14H2,(H,24,28)(H,25,27). The summed E-state index contributed by atoms with van der Waals surface area (Å²) in [5.74, 6) is -0.420. The summed E-state index contributed by atoms with van der Waals surface area (Å²) in [7, 11) is -3.96. The van der Waals surface area contributed by atoms with Gasteiger partial charge in [0.25, 0.3) is 0 Å². The SMILES string of the molecule is O=C1CCc2cc(S(=O)(=O)NC(C(=O)NC3CCCCC3)c3ccccc3)ccc2N1. The highest BCUT2D eigenvalue weighted by molar-refractivity contribution is 7.89. The van der Waals surface area contributed by atoms with Gasteiger partial charge in [0.15, 0.2) is 0 Å². The second-order valence-electron chi connectivity index (χ2n) is 8.18. The molecule has 3 N–H and O–H groups in total. The van der Waals surface area contributed by atoms with E-state index in [1.807, 2.05) is 6.07 Å². The van der Waals surface area contributed by atoms with E-state index in [0.717, 1.165) is 31.2 Å². The number of nitrogens with one attached hydrogen (secondary N) is 3. The number of amides is 2. The third-order valence-corrected chi connectivity index (χ3v) is 7.32. The Morgan fingerprint density at radius 3 is 2.48 bits per heavy atom. The predicted molar refractivity (Wildman–Crippen MR) is 118 cm³/mol. The predicted octanol–water partition coefficient (Wildman–Crippen LogP) is 3.04. The Hall–Kier alpha value is -2.71. The van der Waals surface area contributed by atoms with E-state index in [1.165, 1.54) is 12.5 Å². The molecule has 0 bridgehead atoms. The average Bonchev–Trinajstić information content (AvgIpc) is 2.78. The van der Waals surface area contributed by atoms with Crippen molar-refractivity contribution in [2.24, 2.45) is 0 Å². The molecule has 1 atom stereocenters. The van der Waals surface area contributed by atoms with E-state index >= 15 is 0 Å². The van der Waals surface area contributed by atoms with E-state index in [0.29, 0.717) is 24.1 Å². The Morgan fingerprint density at radius 1 is 1.00 bits per heavy atom. The highest BCUT2D eigenvalue weighted by Gasteiger charge is 2.29. The summed E-state index contributed by atoms with van der Waals surface area (Å²) < 4.78 is 29.0. The zero-order valence-corrected chi connectivity index (χ0v) is 18.1. The lowest BCUT2D eigenvalue weighted by Gasteiger charge is -2.26. The molecular weight excluding hydrogens is 414 g/mol. The summed E-state index contributed by atoms with van der Waals surface area (Å²) in [5.41, 5.74) is 1.99. The van der Waals surface area contributed by atoms with Gasteiger partial charge < -0.3 is 10.6 Å². The maximum Gasteiger partial charge on any atom is 0.242 e. The number of hydrogen-bond donors (Lipinski definition) is 3. The second-order valence-corrected chi connectivity index (χ2v) is 9.89. The van der Waals surface area contributed by atoms with Crippen molar-refractivity contribution < 1.29 is 18.0 Å². The van der Waals surface area contributed by atoms with Gasteiger partial charge in [0.05, 0.1) is 4.90 Å². The minimum Gasteiger partial charge on any atom is -0.352 e. The van der Waals surface area contributed by atoms with Crippen molar-refractivity contribution in [2.45, 2.75) is 61.9 Å². The molecule has 164 valence electrons. The molecule has 1 fully saturated rings. The number of rotatable bonds is 6. The fourth-order valence-corrected chi connectivity index (χ4v) is 5.43. The maximum absolute atomic E-state index is 13.2. The molecule has 4 rings (SSSR count). The first kappa shape index (κ1) is 21.5. The average molecular weight is 442 g/mol. The first-order valence-electron chi connectivity index (χ1n) is 10.7. The fraction of sp³-hybridized carbons (Fsp3) is 0.391. The molecule has 7 nitrogen and oxygen atoms in total. The third-order valence-electron chi connectivity index (χ3n) is 5.90. The molecule has 2 amide bonds. The molecule has 1 aliphatic heterocycles. The van der Waals surface area contributed by atoms with Crippen molar-refractivity contribution >= 4 is 27.5 Å². The van der Waals surface area contributed by atoms with Crippen molar-refractivity contribution in [1.29, 1.82) is 0 Å². The summed E-state index contributed by atoms with van der Waals surface area (Å²) >= 11 is 0. The molecule has 0 radical (unpaired) electrons. The van der Waals surface area contributed by atoms with Crippen molar-refractivity contribution in [3.05, 3.63) is 59.7 Å². The van der Waals surface area contributed by atoms with Gasteiger partial charge in [-0.05, 0) is 48.6 Å². The zero-order chi connectivity index (χ0) is 21.8. The Labute approximate surface area is 182 Å². The van der Waals surface area contributed by atoms with Crippen molar-refractivity contribution in [3.63, 3.8) is 0 Å². The van der Waals surface area contributed by atoms with Gasteiger partial charge in [-0.2, -0.15) is 4.72 Å². The quantitative estimate of drug-likeness (QED) is 0.641. The van der Waals surface area contributed by atoms with Crippen LogP contribution in [0.3, 0.4) is 0 Å². The van der Waals surface area contributed by atoms with Crippen molar-refractivity contribution in [2.75, 3.05) is 5.32 Å². The van der Waals surface area contributed by atoms with Crippen LogP contribution < -0.4 is 15.4 Å². The van der Waals surface area contributed by atoms with Gasteiger partial charge in [-0.15, -0.1) is 0 Å². The normalized spacial score (nSPS) is 18.0. The Morgan fingerprint density at radius 2 is 1.74 bits per heavy atom. The van der Waals surface area contributed by atoms with Crippen LogP contribution in [0.4, 0.5) is 5.69 Å². The summed E-state index contributed by atoms with van der Waals surface area (Å²) in [6.07, 6.45) is 5.93. The van der Waals surface area contributed by atoms with E-state index in [-0.39, 0.29) is 22.8 Å². The molecule has 2 aromatic rings. The Bertz CT molecular complexity index is 1060. The first-order valence-corrected chi connectivity index (χ1v) is 12.2. The van der Waals surface area contributed by atoms with E-state index in [2.05, 4.69) is 15.4 Å². The molecule has 1 saturated carbocycles. The fourth-order valence-electron chi connectivity index (χ4n) is 4.20. The number of anilines is 1. The van der Waals surface area contributed by atoms with E-state index < -0.39 is 16.1 Å². The smallest absolute Gasteiger partial charge is 0.242 e. The van der Waals surface area contributed by atoms with Gasteiger partial charge in [-0.3, -0.25) is 9.59 Å². The highest BCUT2D eigenvalue weighted by atomic mass is 32.2. The van der Waals surface area contributed by atoms with Crippen LogP contribution in [0.2, 0.25) is 0 Å². The molecule has 1 heterocycles. The second kappa shape index (κ2) is 9.20. The lowest BCUT2D eigenvalue weighted by atomic mass is 9.95. The van der Waals surface area contributed by atoms with Gasteiger partial charge in [0.2, 0.25) is 21.8 Å². The van der Waals surface area contributed by atoms with Crippen LogP contribution in [0.25, 0.3) is 0 Å². The van der Waals surface area contributed by atoms with Crippen LogP contribution in [0.1, 0.15) is 55.7 Å². The molecule has 1 aliphatic carbocycles. The Kier molecular flexibility index (Phi) is 6.38. The van der Waals surface area contributed by atoms with Crippen LogP contribution in [0.15, 0.2) is 53.4 Å². The summed E-state index contributed by atoms with van der Waals surface area (Å²) in [5, 5.41) is 5.78. The molecule has 31 heavy (non-hydrogen) atoms. The molecule has 2 aromatic carbocycles. The minimum absolute atomic E-state index is 0.0734. The lowest BCUT2D eigenvalue weighted by molar-refractivity contribution is -0.123. The molecule has 0 saturated heterocycles. The summed E-state index contributed by atoms with van der Waals surface area (Å²) in [6.45, 7) is 0. The van der Waals surface area contributed by atoms with Crippen LogP contribution in [0.5, 0.6) is 0 Å². The number of sulfonamides is 1. The van der Waals surface area contributed by atoms with Gasteiger partial charge in [0.1, 0.15) is 6.04 Å². The van der Waals surface area contributed by atoms with E-state index in [1.54, 1.807) is 36.4 Å². The zero-order valence-electron chi connectivity index (χ0n) is 17.3. The lowest BCUT2D eigenvalue weighted by Crippen LogP contribution is -2.45. The van der Waals surface area contributed by atoms with Crippen molar-refractivity contribution in [3.8, 4) is 0 Å². The van der Waals surface area contributed by atoms with Crippen LogP contribution in [0, 0.1) is 0 Å². The molecular formula is C23H27N3O4S. The highest BCUT2D eigenvalue weighted by Crippen LogP contribution is 2.27. The number of carbonyl (C=O) groups excluding carboxylic acids is 2. The number of carbonyl (C=O) groups is 2. The van der Waals surface area contributed by atoms with Crippen LogP contribution >= 0.6 is 0 Å².